The average Bonchev–Trinajstić information content (AvgIpc) is 3.32. The van der Waals surface area contributed by atoms with Crippen molar-refractivity contribution in [3.8, 4) is 23.3 Å². The summed E-state index contributed by atoms with van der Waals surface area (Å²) in [6, 6.07) is 9.31. The molecule has 1 aliphatic heterocycles. The Bertz CT molecular complexity index is 1640. The van der Waals surface area contributed by atoms with Gasteiger partial charge in [0.05, 0.1) is 61.0 Å². The lowest BCUT2D eigenvalue weighted by atomic mass is 10.0. The standard InChI is InChI=1S/C31H39F3N4O6S/c1-42-19-23(39)18-37-14-11-21(12-15-37)36-30-25-16-22(38(20-31(32,33)34)27(25)9-10-28(30)43-2)6-5-13-35-26-8-7-24(45(4,40)41)17-29(26)44-3/h7-10,16-17,21,23,35-36,39H,11-15,18-20H2,1-4H3. The number of β-amino-alcohol motifs (C(OH)–C–C–N with tert-alkyl or cyclic N) is 1. The van der Waals surface area contributed by atoms with E-state index in [1.807, 2.05) is 0 Å². The molecule has 10 nitrogen and oxygen atoms in total. The first kappa shape index (κ1) is 34.2. The lowest BCUT2D eigenvalue weighted by molar-refractivity contribution is -0.140. The molecule has 1 aliphatic rings. The summed E-state index contributed by atoms with van der Waals surface area (Å²) in [5.41, 5.74) is 1.64. The van der Waals surface area contributed by atoms with E-state index in [-0.39, 0.29) is 29.8 Å². The van der Waals surface area contributed by atoms with Crippen LogP contribution in [0.15, 0.2) is 41.3 Å². The minimum atomic E-state index is -4.48. The number of hydrogen-bond donors (Lipinski definition) is 3. The monoisotopic (exact) mass is 652 g/mol. The fourth-order valence-corrected chi connectivity index (χ4v) is 6.05. The number of likely N-dealkylation sites (tertiary alicyclic amines) is 1. The van der Waals surface area contributed by atoms with Crippen LogP contribution >= 0.6 is 0 Å². The summed E-state index contributed by atoms with van der Waals surface area (Å²) in [6.07, 6.45) is -2.41. The van der Waals surface area contributed by atoms with E-state index < -0.39 is 28.7 Å². The van der Waals surface area contributed by atoms with Crippen LogP contribution in [0.3, 0.4) is 0 Å². The van der Waals surface area contributed by atoms with Crippen molar-refractivity contribution in [2.45, 2.75) is 42.6 Å². The highest BCUT2D eigenvalue weighted by Gasteiger charge is 2.31. The number of aliphatic hydroxyl groups excluding tert-OH is 1. The molecule has 0 amide bonds. The zero-order chi connectivity index (χ0) is 32.8. The Balaban J connectivity index is 1.58. The van der Waals surface area contributed by atoms with Crippen LogP contribution in [-0.2, 0) is 21.1 Å². The fraction of sp³-hybridized carbons (Fsp3) is 0.484. The smallest absolute Gasteiger partial charge is 0.406 e. The summed E-state index contributed by atoms with van der Waals surface area (Å²) < 4.78 is 82.0. The first-order valence-electron chi connectivity index (χ1n) is 14.4. The predicted octanol–water partition coefficient (Wildman–Crippen LogP) is 3.97. The molecule has 1 atom stereocenters. The molecule has 2 aromatic carbocycles. The number of fused-ring (bicyclic) bond motifs is 1. The van der Waals surface area contributed by atoms with Gasteiger partial charge in [0.1, 0.15) is 18.0 Å². The summed E-state index contributed by atoms with van der Waals surface area (Å²) in [7, 11) is 1.04. The molecular formula is C31H39F3N4O6S. The van der Waals surface area contributed by atoms with Crippen molar-refractivity contribution in [3.05, 3.63) is 42.1 Å². The maximum atomic E-state index is 13.7. The van der Waals surface area contributed by atoms with E-state index >= 15 is 0 Å². The van der Waals surface area contributed by atoms with Crippen LogP contribution in [0.5, 0.6) is 11.5 Å². The number of benzene rings is 2. The molecule has 3 N–H and O–H groups in total. The zero-order valence-electron chi connectivity index (χ0n) is 25.7. The fourth-order valence-electron chi connectivity index (χ4n) is 5.42. The molecule has 1 saturated heterocycles. The van der Waals surface area contributed by atoms with Gasteiger partial charge in [-0.2, -0.15) is 13.2 Å². The number of aliphatic hydroxyl groups is 1. The van der Waals surface area contributed by atoms with Gasteiger partial charge >= 0.3 is 6.18 Å². The van der Waals surface area contributed by atoms with E-state index in [1.54, 1.807) is 31.4 Å². The number of halogens is 3. The van der Waals surface area contributed by atoms with Gasteiger partial charge in [-0.25, -0.2) is 8.42 Å². The van der Waals surface area contributed by atoms with E-state index in [0.29, 0.717) is 40.3 Å². The van der Waals surface area contributed by atoms with Gasteiger partial charge in [-0.05, 0) is 49.1 Å². The van der Waals surface area contributed by atoms with Gasteiger partial charge in [0.25, 0.3) is 0 Å². The topological polar surface area (TPSA) is 114 Å². The molecule has 1 fully saturated rings. The molecule has 0 radical (unpaired) electrons. The number of nitrogens with one attached hydrogen (secondary N) is 2. The van der Waals surface area contributed by atoms with Gasteiger partial charge in [-0.15, -0.1) is 0 Å². The molecular weight excluding hydrogens is 613 g/mol. The molecule has 1 unspecified atom stereocenters. The molecule has 45 heavy (non-hydrogen) atoms. The lowest BCUT2D eigenvalue weighted by Gasteiger charge is -2.34. The van der Waals surface area contributed by atoms with Gasteiger partial charge in [-0.3, -0.25) is 0 Å². The van der Waals surface area contributed by atoms with Crippen molar-refractivity contribution in [2.24, 2.45) is 0 Å². The van der Waals surface area contributed by atoms with Crippen LogP contribution in [-0.4, -0.2) is 102 Å². The maximum Gasteiger partial charge on any atom is 0.406 e. The molecule has 0 bridgehead atoms. The Labute approximate surface area is 261 Å². The number of methoxy groups -OCH3 is 3. The highest BCUT2D eigenvalue weighted by atomic mass is 32.2. The first-order valence-corrected chi connectivity index (χ1v) is 16.3. The Hall–Kier alpha value is -3.64. The van der Waals surface area contributed by atoms with Crippen LogP contribution in [0.1, 0.15) is 18.5 Å². The minimum absolute atomic E-state index is 0.0501. The number of hydrogen-bond acceptors (Lipinski definition) is 9. The second-order valence-electron chi connectivity index (χ2n) is 10.9. The van der Waals surface area contributed by atoms with Crippen molar-refractivity contribution in [2.75, 3.05) is 71.0 Å². The number of sulfone groups is 1. The molecule has 1 aromatic heterocycles. The predicted molar refractivity (Wildman–Crippen MR) is 167 cm³/mol. The van der Waals surface area contributed by atoms with Gasteiger partial charge in [-0.1, -0.05) is 5.92 Å². The highest BCUT2D eigenvalue weighted by Crippen LogP contribution is 2.38. The summed E-state index contributed by atoms with van der Waals surface area (Å²) in [4.78, 5) is 2.26. The highest BCUT2D eigenvalue weighted by molar-refractivity contribution is 7.90. The van der Waals surface area contributed by atoms with E-state index in [0.717, 1.165) is 36.8 Å². The largest absolute Gasteiger partial charge is 0.495 e. The molecule has 2 heterocycles. The van der Waals surface area contributed by atoms with Gasteiger partial charge in [0, 0.05) is 50.5 Å². The lowest BCUT2D eigenvalue weighted by Crippen LogP contribution is -2.43. The number of piperidine rings is 1. The van der Waals surface area contributed by atoms with Crippen molar-refractivity contribution in [1.29, 1.82) is 0 Å². The Morgan fingerprint density at radius 3 is 2.40 bits per heavy atom. The molecule has 0 saturated carbocycles. The molecule has 0 spiro atoms. The molecule has 14 heteroatoms. The number of nitrogens with zero attached hydrogens (tertiary/aromatic N) is 2. The third kappa shape index (κ3) is 8.97. The van der Waals surface area contributed by atoms with Crippen LogP contribution in [0.4, 0.5) is 24.5 Å². The second-order valence-corrected chi connectivity index (χ2v) is 12.9. The van der Waals surface area contributed by atoms with E-state index in [9.17, 15) is 26.7 Å². The number of rotatable bonds is 12. The normalized spacial score (nSPS) is 15.4. The maximum absolute atomic E-state index is 13.7. The third-order valence-corrected chi connectivity index (χ3v) is 8.66. The third-order valence-electron chi connectivity index (χ3n) is 7.55. The summed E-state index contributed by atoms with van der Waals surface area (Å²) in [6.45, 7) is 1.11. The molecule has 3 aromatic rings. The van der Waals surface area contributed by atoms with Crippen molar-refractivity contribution in [3.63, 3.8) is 0 Å². The van der Waals surface area contributed by atoms with Crippen molar-refractivity contribution >= 4 is 32.1 Å². The zero-order valence-corrected chi connectivity index (χ0v) is 26.5. The number of ether oxygens (including phenoxy) is 3. The van der Waals surface area contributed by atoms with Crippen LogP contribution in [0.25, 0.3) is 10.9 Å². The SMILES string of the molecule is COCC(O)CN1CCC(Nc2c(OC)ccc3c2cc(C#CCNc2ccc(S(C)(=O)=O)cc2OC)n3CC(F)(F)F)CC1. The Morgan fingerprint density at radius 2 is 1.78 bits per heavy atom. The average molecular weight is 653 g/mol. The van der Waals surface area contributed by atoms with E-state index in [4.69, 9.17) is 14.2 Å². The molecule has 0 aliphatic carbocycles. The number of aromatic nitrogens is 1. The second kappa shape index (κ2) is 14.6. The molecule has 246 valence electrons. The van der Waals surface area contributed by atoms with Crippen LogP contribution < -0.4 is 20.1 Å². The molecule has 4 rings (SSSR count). The summed E-state index contributed by atoms with van der Waals surface area (Å²) in [5, 5.41) is 17.2. The quantitative estimate of drug-likeness (QED) is 0.250. The Morgan fingerprint density at radius 1 is 1.07 bits per heavy atom. The van der Waals surface area contributed by atoms with Crippen LogP contribution in [0, 0.1) is 11.8 Å². The summed E-state index contributed by atoms with van der Waals surface area (Å²) in [5.74, 6) is 6.57. The van der Waals surface area contributed by atoms with Gasteiger partial charge < -0.3 is 39.4 Å². The van der Waals surface area contributed by atoms with Crippen molar-refractivity contribution < 1.29 is 40.9 Å². The summed E-state index contributed by atoms with van der Waals surface area (Å²) >= 11 is 0. The van der Waals surface area contributed by atoms with Gasteiger partial charge in [0.15, 0.2) is 9.84 Å². The van der Waals surface area contributed by atoms with E-state index in [1.165, 1.54) is 26.4 Å². The minimum Gasteiger partial charge on any atom is -0.495 e. The first-order chi connectivity index (χ1) is 21.3. The number of anilines is 2. The van der Waals surface area contributed by atoms with Gasteiger partial charge in [0.2, 0.25) is 0 Å². The van der Waals surface area contributed by atoms with Crippen molar-refractivity contribution in [1.82, 2.24) is 9.47 Å². The Kier molecular flexibility index (Phi) is 11.1. The number of alkyl halides is 3. The van der Waals surface area contributed by atoms with Crippen LogP contribution in [0.2, 0.25) is 0 Å². The van der Waals surface area contributed by atoms with E-state index in [2.05, 4.69) is 27.4 Å².